The van der Waals surface area contributed by atoms with Crippen molar-refractivity contribution in [2.75, 3.05) is 18.0 Å². The second kappa shape index (κ2) is 7.97. The van der Waals surface area contributed by atoms with E-state index in [1.807, 2.05) is 11.0 Å². The molecule has 3 aromatic rings. The summed E-state index contributed by atoms with van der Waals surface area (Å²) in [5.41, 5.74) is 0.894. The van der Waals surface area contributed by atoms with Gasteiger partial charge in [0, 0.05) is 25.3 Å². The first-order valence-corrected chi connectivity index (χ1v) is 11.1. The molecule has 6 nitrogen and oxygen atoms in total. The van der Waals surface area contributed by atoms with E-state index in [1.54, 1.807) is 18.2 Å². The summed E-state index contributed by atoms with van der Waals surface area (Å²) in [5, 5.41) is 9.13. The third kappa shape index (κ3) is 3.89. The maximum absolute atomic E-state index is 13.5. The Morgan fingerprint density at radius 1 is 1.00 bits per heavy atom. The molecular weight excluding hydrogens is 435 g/mol. The van der Waals surface area contributed by atoms with Gasteiger partial charge in [0.2, 0.25) is 0 Å². The Hall–Kier alpha value is -3.23. The van der Waals surface area contributed by atoms with Gasteiger partial charge in [-0.05, 0) is 55.2 Å². The van der Waals surface area contributed by atoms with Crippen molar-refractivity contribution in [2.24, 2.45) is 11.8 Å². The average molecular weight is 459 g/mol. The van der Waals surface area contributed by atoms with E-state index in [1.165, 1.54) is 15.2 Å². The van der Waals surface area contributed by atoms with Crippen LogP contribution in [-0.4, -0.2) is 33.3 Å². The largest absolute Gasteiger partial charge is 0.481 e. The topological polar surface area (TPSA) is 67.5 Å². The summed E-state index contributed by atoms with van der Waals surface area (Å²) in [6, 6.07) is 10.6. The SMILES string of the molecule is O=C(O)C1CN(c2cccc(-n3c(=O)n(CC4CCCC4)c4cc(C(F)(F)F)ccc43)c2)C1. The van der Waals surface area contributed by atoms with Crippen LogP contribution >= 0.6 is 0 Å². The van der Waals surface area contributed by atoms with Gasteiger partial charge in [-0.2, -0.15) is 13.2 Å². The second-order valence-corrected chi connectivity index (χ2v) is 9.04. The normalized spacial score (nSPS) is 17.6. The number of nitrogens with zero attached hydrogens (tertiary/aromatic N) is 3. The van der Waals surface area contributed by atoms with Crippen molar-refractivity contribution >= 4 is 22.7 Å². The number of aromatic nitrogens is 2. The molecule has 2 aliphatic rings. The van der Waals surface area contributed by atoms with Gasteiger partial charge in [0.25, 0.3) is 0 Å². The van der Waals surface area contributed by atoms with E-state index in [2.05, 4.69) is 0 Å². The smallest absolute Gasteiger partial charge is 0.416 e. The Balaban J connectivity index is 1.60. The summed E-state index contributed by atoms with van der Waals surface area (Å²) in [4.78, 5) is 26.5. The van der Waals surface area contributed by atoms with Crippen LogP contribution in [0.5, 0.6) is 0 Å². The molecule has 0 spiro atoms. The molecule has 1 N–H and O–H groups in total. The molecule has 1 aromatic heterocycles. The standard InChI is InChI=1S/C24H24F3N3O3/c25-24(26,27)17-8-9-20-21(10-17)29(12-15-4-1-2-5-15)23(33)30(20)19-7-3-6-18(11-19)28-13-16(14-28)22(31)32/h3,6-11,15-16H,1-2,4-5,12-14H2,(H,31,32). The van der Waals surface area contributed by atoms with Crippen LogP contribution < -0.4 is 10.6 Å². The lowest BCUT2D eigenvalue weighted by atomic mass is 9.99. The van der Waals surface area contributed by atoms with Crippen LogP contribution in [0.1, 0.15) is 31.2 Å². The Labute approximate surface area is 187 Å². The number of hydrogen-bond acceptors (Lipinski definition) is 3. The molecule has 0 amide bonds. The zero-order valence-corrected chi connectivity index (χ0v) is 17.9. The highest BCUT2D eigenvalue weighted by Crippen LogP contribution is 2.34. The number of imidazole rings is 1. The quantitative estimate of drug-likeness (QED) is 0.609. The number of rotatable bonds is 5. The van der Waals surface area contributed by atoms with Gasteiger partial charge in [0.15, 0.2) is 0 Å². The van der Waals surface area contributed by atoms with Gasteiger partial charge in [0.1, 0.15) is 0 Å². The zero-order chi connectivity index (χ0) is 23.3. The molecule has 174 valence electrons. The number of carboxylic acids is 1. The maximum Gasteiger partial charge on any atom is 0.416 e. The number of carbonyl (C=O) groups is 1. The minimum absolute atomic E-state index is 0.275. The predicted octanol–water partition coefficient (Wildman–Crippen LogP) is 4.52. The first-order chi connectivity index (χ1) is 15.7. The number of benzene rings is 2. The van der Waals surface area contributed by atoms with E-state index in [4.69, 9.17) is 5.11 Å². The van der Waals surface area contributed by atoms with Crippen molar-refractivity contribution in [1.29, 1.82) is 0 Å². The second-order valence-electron chi connectivity index (χ2n) is 9.04. The molecule has 0 radical (unpaired) electrons. The fourth-order valence-corrected chi connectivity index (χ4v) is 4.98. The number of anilines is 1. The van der Waals surface area contributed by atoms with Crippen molar-refractivity contribution in [1.82, 2.24) is 9.13 Å². The highest BCUT2D eigenvalue weighted by molar-refractivity contribution is 5.80. The molecule has 5 rings (SSSR count). The molecule has 33 heavy (non-hydrogen) atoms. The Bertz CT molecular complexity index is 1270. The van der Waals surface area contributed by atoms with Crippen LogP contribution in [0.15, 0.2) is 47.3 Å². The van der Waals surface area contributed by atoms with Gasteiger partial charge < -0.3 is 10.0 Å². The lowest BCUT2D eigenvalue weighted by Gasteiger charge is -2.38. The molecule has 9 heteroatoms. The van der Waals surface area contributed by atoms with E-state index in [-0.39, 0.29) is 17.1 Å². The van der Waals surface area contributed by atoms with Crippen LogP contribution in [-0.2, 0) is 17.5 Å². The number of carboxylic acid groups (broad SMARTS) is 1. The van der Waals surface area contributed by atoms with Gasteiger partial charge in [0.05, 0.1) is 28.2 Å². The highest BCUT2D eigenvalue weighted by atomic mass is 19.4. The van der Waals surface area contributed by atoms with E-state index in [0.29, 0.717) is 30.8 Å². The summed E-state index contributed by atoms with van der Waals surface area (Å²) in [5.74, 6) is -0.990. The molecule has 1 saturated heterocycles. The first kappa shape index (κ1) is 21.6. The minimum Gasteiger partial charge on any atom is -0.481 e. The van der Waals surface area contributed by atoms with Crippen molar-refractivity contribution in [3.05, 3.63) is 58.5 Å². The Kier molecular flexibility index (Phi) is 5.22. The number of fused-ring (bicyclic) bond motifs is 1. The minimum atomic E-state index is -4.50. The lowest BCUT2D eigenvalue weighted by Crippen LogP contribution is -2.50. The maximum atomic E-state index is 13.5. The molecule has 1 aliphatic carbocycles. The predicted molar refractivity (Wildman–Crippen MR) is 118 cm³/mol. The van der Waals surface area contributed by atoms with Crippen molar-refractivity contribution < 1.29 is 23.1 Å². The molecule has 1 aliphatic heterocycles. The number of halogens is 3. The molecule has 2 heterocycles. The van der Waals surface area contributed by atoms with E-state index < -0.39 is 23.6 Å². The van der Waals surface area contributed by atoms with Crippen molar-refractivity contribution in [3.8, 4) is 5.69 Å². The molecule has 2 aromatic carbocycles. The van der Waals surface area contributed by atoms with Gasteiger partial charge >= 0.3 is 17.8 Å². The van der Waals surface area contributed by atoms with Crippen molar-refractivity contribution in [3.63, 3.8) is 0 Å². The summed E-state index contributed by atoms with van der Waals surface area (Å²) in [6.45, 7) is 1.16. The summed E-state index contributed by atoms with van der Waals surface area (Å²) in [6.07, 6.45) is -0.425. The zero-order valence-electron chi connectivity index (χ0n) is 17.9. The van der Waals surface area contributed by atoms with Crippen LogP contribution in [0.4, 0.5) is 18.9 Å². The summed E-state index contributed by atoms with van der Waals surface area (Å²) in [7, 11) is 0. The van der Waals surface area contributed by atoms with Crippen LogP contribution in [0.2, 0.25) is 0 Å². The van der Waals surface area contributed by atoms with Crippen molar-refractivity contribution in [2.45, 2.75) is 38.4 Å². The van der Waals surface area contributed by atoms with Gasteiger partial charge in [-0.25, -0.2) is 4.79 Å². The summed E-state index contributed by atoms with van der Waals surface area (Å²) < 4.78 is 43.2. The lowest BCUT2D eigenvalue weighted by molar-refractivity contribution is -0.142. The average Bonchev–Trinajstić information content (AvgIpc) is 3.33. The Morgan fingerprint density at radius 3 is 2.36 bits per heavy atom. The number of aliphatic carboxylic acids is 1. The molecule has 0 unspecified atom stereocenters. The molecule has 1 saturated carbocycles. The molecular formula is C24H24F3N3O3. The van der Waals surface area contributed by atoms with Crippen LogP contribution in [0, 0.1) is 11.8 Å². The van der Waals surface area contributed by atoms with Crippen LogP contribution in [0.3, 0.4) is 0 Å². The van der Waals surface area contributed by atoms with Gasteiger partial charge in [-0.3, -0.25) is 13.9 Å². The number of hydrogen-bond donors (Lipinski definition) is 1. The third-order valence-electron chi connectivity index (χ3n) is 6.86. The van der Waals surface area contributed by atoms with Crippen LogP contribution in [0.25, 0.3) is 16.7 Å². The molecule has 0 atom stereocenters. The first-order valence-electron chi connectivity index (χ1n) is 11.1. The number of alkyl halides is 3. The van der Waals surface area contributed by atoms with E-state index in [9.17, 15) is 22.8 Å². The fraction of sp³-hybridized carbons (Fsp3) is 0.417. The fourth-order valence-electron chi connectivity index (χ4n) is 4.98. The Morgan fingerprint density at radius 2 is 1.70 bits per heavy atom. The van der Waals surface area contributed by atoms with E-state index >= 15 is 0 Å². The van der Waals surface area contributed by atoms with E-state index in [0.717, 1.165) is 43.5 Å². The third-order valence-corrected chi connectivity index (χ3v) is 6.86. The van der Waals surface area contributed by atoms with Gasteiger partial charge in [-0.15, -0.1) is 0 Å². The van der Waals surface area contributed by atoms with Gasteiger partial charge in [-0.1, -0.05) is 18.9 Å². The molecule has 0 bridgehead atoms. The molecule has 2 fully saturated rings. The summed E-state index contributed by atoms with van der Waals surface area (Å²) >= 11 is 0. The highest BCUT2D eigenvalue weighted by Gasteiger charge is 2.33. The monoisotopic (exact) mass is 459 g/mol.